The molecule has 0 aliphatic carbocycles. The number of esters is 1. The Hall–Kier alpha value is -1.45. The van der Waals surface area contributed by atoms with Crippen molar-refractivity contribution in [2.45, 2.75) is 41.5 Å². The van der Waals surface area contributed by atoms with Gasteiger partial charge >= 0.3 is 5.97 Å². The average molecular weight is 238 g/mol. The van der Waals surface area contributed by atoms with Crippen molar-refractivity contribution in [3.8, 4) is 0 Å². The Bertz CT molecular complexity index is 427. The number of cyclic esters (lactones) is 1. The van der Waals surface area contributed by atoms with E-state index in [1.165, 1.54) is 0 Å². The van der Waals surface area contributed by atoms with Crippen molar-refractivity contribution in [1.29, 1.82) is 0 Å². The second kappa shape index (κ2) is 3.79. The molecule has 0 spiro atoms. The van der Waals surface area contributed by atoms with Gasteiger partial charge in [0.2, 0.25) is 0 Å². The van der Waals surface area contributed by atoms with Crippen LogP contribution < -0.4 is 0 Å². The first-order chi connectivity index (χ1) is 7.46. The van der Waals surface area contributed by atoms with E-state index in [-0.39, 0.29) is 17.1 Å². The summed E-state index contributed by atoms with van der Waals surface area (Å²) in [5, 5.41) is 0. The van der Waals surface area contributed by atoms with E-state index < -0.39 is 22.6 Å². The fourth-order valence-corrected chi connectivity index (χ4v) is 1.50. The first-order valence-electron chi connectivity index (χ1n) is 5.52. The van der Waals surface area contributed by atoms with E-state index in [1.54, 1.807) is 41.5 Å². The first-order valence-corrected chi connectivity index (χ1v) is 5.52. The molecule has 0 N–H and O–H groups in total. The van der Waals surface area contributed by atoms with Crippen LogP contribution in [0.1, 0.15) is 41.5 Å². The van der Waals surface area contributed by atoms with Crippen molar-refractivity contribution < 1.29 is 19.1 Å². The molecule has 0 bridgehead atoms. The van der Waals surface area contributed by atoms with Crippen LogP contribution in [0, 0.1) is 10.8 Å². The van der Waals surface area contributed by atoms with Gasteiger partial charge in [-0.05, 0) is 0 Å². The van der Waals surface area contributed by atoms with Gasteiger partial charge in [0, 0.05) is 10.8 Å². The number of carbonyl (C=O) groups is 3. The van der Waals surface area contributed by atoms with Crippen LogP contribution in [0.25, 0.3) is 0 Å². The monoisotopic (exact) mass is 238 g/mol. The minimum atomic E-state index is -0.956. The Morgan fingerprint density at radius 1 is 1.00 bits per heavy atom. The Kier molecular flexibility index (Phi) is 3.04. The van der Waals surface area contributed by atoms with Crippen molar-refractivity contribution in [2.75, 3.05) is 0 Å². The lowest BCUT2D eigenvalue weighted by Crippen LogP contribution is -2.27. The Labute approximate surface area is 101 Å². The minimum Gasteiger partial charge on any atom is -0.424 e. The van der Waals surface area contributed by atoms with Crippen LogP contribution in [-0.4, -0.2) is 17.5 Å². The number of Topliss-reactive ketones (excluding diaryl/α,β-unsaturated/α-hetero) is 2. The van der Waals surface area contributed by atoms with E-state index in [2.05, 4.69) is 0 Å². The van der Waals surface area contributed by atoms with Crippen molar-refractivity contribution in [2.24, 2.45) is 10.8 Å². The van der Waals surface area contributed by atoms with Crippen molar-refractivity contribution in [1.82, 2.24) is 0 Å². The van der Waals surface area contributed by atoms with Gasteiger partial charge in [-0.15, -0.1) is 0 Å². The smallest absolute Gasteiger partial charge is 0.385 e. The average Bonchev–Trinajstić information content (AvgIpc) is 2.40. The van der Waals surface area contributed by atoms with Gasteiger partial charge in [0.15, 0.2) is 5.78 Å². The molecule has 0 unspecified atom stereocenters. The summed E-state index contributed by atoms with van der Waals surface area (Å²) in [5.41, 5.74) is -1.34. The molecule has 1 heterocycles. The molecule has 0 radical (unpaired) electrons. The Balaban J connectivity index is 3.37. The van der Waals surface area contributed by atoms with Gasteiger partial charge in [-0.3, -0.25) is 9.59 Å². The Morgan fingerprint density at radius 2 is 1.47 bits per heavy atom. The molecule has 1 rings (SSSR count). The molecule has 1 aliphatic heterocycles. The third kappa shape index (κ3) is 2.46. The molecule has 0 amide bonds. The second-order valence-corrected chi connectivity index (χ2v) is 6.25. The van der Waals surface area contributed by atoms with Crippen molar-refractivity contribution >= 4 is 17.5 Å². The SMILES string of the molecule is CC(C)(C)C(=O)C1=C(C(C)(C)C)OC(=O)C1=O. The summed E-state index contributed by atoms with van der Waals surface area (Å²) >= 11 is 0. The molecule has 0 aromatic heterocycles. The number of ketones is 2. The maximum Gasteiger partial charge on any atom is 0.385 e. The summed E-state index contributed by atoms with van der Waals surface area (Å²) in [4.78, 5) is 35.2. The number of allylic oxidation sites excluding steroid dienone is 1. The normalized spacial score (nSPS) is 17.5. The lowest BCUT2D eigenvalue weighted by molar-refractivity contribution is -0.147. The molecular weight excluding hydrogens is 220 g/mol. The predicted molar refractivity (Wildman–Crippen MR) is 62.0 cm³/mol. The Morgan fingerprint density at radius 3 is 1.82 bits per heavy atom. The van der Waals surface area contributed by atoms with E-state index in [9.17, 15) is 14.4 Å². The third-order valence-corrected chi connectivity index (χ3v) is 2.42. The zero-order valence-electron chi connectivity index (χ0n) is 11.1. The van der Waals surface area contributed by atoms with E-state index >= 15 is 0 Å². The first kappa shape index (κ1) is 13.6. The van der Waals surface area contributed by atoms with Gasteiger partial charge in [0.1, 0.15) is 11.3 Å². The quantitative estimate of drug-likeness (QED) is 0.398. The van der Waals surface area contributed by atoms with Crippen LogP contribution in [0.15, 0.2) is 11.3 Å². The minimum absolute atomic E-state index is 0.0880. The van der Waals surface area contributed by atoms with E-state index in [4.69, 9.17) is 4.74 Å². The molecule has 4 nitrogen and oxygen atoms in total. The second-order valence-electron chi connectivity index (χ2n) is 6.25. The van der Waals surface area contributed by atoms with Crippen molar-refractivity contribution in [3.63, 3.8) is 0 Å². The maximum atomic E-state index is 12.2. The molecule has 0 aromatic rings. The fourth-order valence-electron chi connectivity index (χ4n) is 1.50. The zero-order valence-corrected chi connectivity index (χ0v) is 11.1. The van der Waals surface area contributed by atoms with Crippen LogP contribution in [0.5, 0.6) is 0 Å². The summed E-state index contributed by atoms with van der Waals surface area (Å²) in [6.45, 7) is 10.5. The fraction of sp³-hybridized carbons (Fsp3) is 0.615. The highest BCUT2D eigenvalue weighted by Crippen LogP contribution is 2.36. The topological polar surface area (TPSA) is 60.4 Å². The molecule has 1 aliphatic rings. The van der Waals surface area contributed by atoms with Gasteiger partial charge in [0.25, 0.3) is 5.78 Å². The highest BCUT2D eigenvalue weighted by atomic mass is 16.5. The van der Waals surface area contributed by atoms with Crippen molar-refractivity contribution in [3.05, 3.63) is 11.3 Å². The van der Waals surface area contributed by atoms with Crippen LogP contribution in [0.2, 0.25) is 0 Å². The standard InChI is InChI=1S/C13H18O4/c1-12(2,3)9(15)7-8(14)11(16)17-10(7)13(4,5)6/h1-6H3. The van der Waals surface area contributed by atoms with Gasteiger partial charge < -0.3 is 4.74 Å². The van der Waals surface area contributed by atoms with Gasteiger partial charge in [-0.1, -0.05) is 41.5 Å². The third-order valence-electron chi connectivity index (χ3n) is 2.42. The van der Waals surface area contributed by atoms with Crippen LogP contribution in [-0.2, 0) is 19.1 Å². The number of rotatable bonds is 1. The van der Waals surface area contributed by atoms with Gasteiger partial charge in [-0.25, -0.2) is 4.79 Å². The summed E-state index contributed by atoms with van der Waals surface area (Å²) in [6.07, 6.45) is 0. The molecule has 0 fully saturated rings. The molecule has 0 aromatic carbocycles. The lowest BCUT2D eigenvalue weighted by atomic mass is 9.81. The number of hydrogen-bond donors (Lipinski definition) is 0. The maximum absolute atomic E-state index is 12.2. The zero-order chi connectivity index (χ0) is 13.6. The van der Waals surface area contributed by atoms with Gasteiger partial charge in [0.05, 0.1) is 0 Å². The number of hydrogen-bond acceptors (Lipinski definition) is 4. The highest BCUT2D eigenvalue weighted by molar-refractivity contribution is 6.50. The van der Waals surface area contributed by atoms with E-state index in [0.29, 0.717) is 0 Å². The highest BCUT2D eigenvalue weighted by Gasteiger charge is 2.45. The van der Waals surface area contributed by atoms with Crippen LogP contribution in [0.4, 0.5) is 0 Å². The molecule has 94 valence electrons. The van der Waals surface area contributed by atoms with E-state index in [1.807, 2.05) is 0 Å². The summed E-state index contributed by atoms with van der Waals surface area (Å²) in [7, 11) is 0. The number of ether oxygens (including phenoxy) is 1. The van der Waals surface area contributed by atoms with E-state index in [0.717, 1.165) is 0 Å². The molecule has 0 saturated carbocycles. The molecule has 17 heavy (non-hydrogen) atoms. The summed E-state index contributed by atoms with van der Waals surface area (Å²) in [5.74, 6) is -1.94. The van der Waals surface area contributed by atoms with Gasteiger partial charge in [-0.2, -0.15) is 0 Å². The number of carbonyl (C=O) groups excluding carboxylic acids is 3. The molecule has 4 heteroatoms. The summed E-state index contributed by atoms with van der Waals surface area (Å²) < 4.78 is 4.94. The lowest BCUT2D eigenvalue weighted by Gasteiger charge is -2.22. The predicted octanol–water partition coefficient (Wildman–Crippen LogP) is 2.03. The molecular formula is C13H18O4. The summed E-state index contributed by atoms with van der Waals surface area (Å²) in [6, 6.07) is 0. The largest absolute Gasteiger partial charge is 0.424 e. The van der Waals surface area contributed by atoms with Crippen LogP contribution in [0.3, 0.4) is 0 Å². The van der Waals surface area contributed by atoms with Crippen LogP contribution >= 0.6 is 0 Å². The molecule has 0 saturated heterocycles. The molecule has 0 atom stereocenters.